The van der Waals surface area contributed by atoms with E-state index >= 15 is 0 Å². The average Bonchev–Trinajstić information content (AvgIpc) is 3.49. The Morgan fingerprint density at radius 1 is 1.08 bits per heavy atom. The molecule has 5 atom stereocenters. The van der Waals surface area contributed by atoms with Crippen LogP contribution in [-0.2, 0) is 35.4 Å². The molecule has 2 aromatic rings. The van der Waals surface area contributed by atoms with Crippen molar-refractivity contribution in [3.05, 3.63) is 65.7 Å². The summed E-state index contributed by atoms with van der Waals surface area (Å²) in [4.78, 5) is 13.2. The van der Waals surface area contributed by atoms with Crippen LogP contribution in [0, 0.1) is 24.7 Å². The van der Waals surface area contributed by atoms with Gasteiger partial charge in [-0.2, -0.15) is 4.31 Å². The monoisotopic (exact) mass is 545 g/mol. The number of fused-ring (bicyclic) bond motifs is 1. The Morgan fingerprint density at radius 2 is 1.79 bits per heavy atom. The van der Waals surface area contributed by atoms with Crippen LogP contribution >= 0.6 is 0 Å². The highest BCUT2D eigenvalue weighted by molar-refractivity contribution is 7.89. The zero-order valence-corrected chi connectivity index (χ0v) is 23.2. The van der Waals surface area contributed by atoms with Gasteiger partial charge in [0.1, 0.15) is 6.10 Å². The molecule has 2 heterocycles. The first-order valence-corrected chi connectivity index (χ1v) is 14.8. The maximum absolute atomic E-state index is 13.6. The summed E-state index contributed by atoms with van der Waals surface area (Å²) in [6.45, 7) is 6.78. The molecule has 8 nitrogen and oxygen atoms in total. The molecule has 0 bridgehead atoms. The Bertz CT molecular complexity index is 1150. The normalized spacial score (nSPS) is 22.9. The number of nitrogens with zero attached hydrogens (tertiary/aromatic N) is 1. The van der Waals surface area contributed by atoms with Gasteiger partial charge in [0.15, 0.2) is 6.29 Å². The lowest BCUT2D eigenvalue weighted by Gasteiger charge is -2.30. The van der Waals surface area contributed by atoms with Crippen LogP contribution in [-0.4, -0.2) is 68.6 Å². The number of benzene rings is 2. The summed E-state index contributed by atoms with van der Waals surface area (Å²) in [6, 6.07) is 16.3. The fourth-order valence-electron chi connectivity index (χ4n) is 5.13. The average molecular weight is 546 g/mol. The first-order chi connectivity index (χ1) is 18.1. The van der Waals surface area contributed by atoms with Crippen molar-refractivity contribution < 1.29 is 32.5 Å². The molecule has 1 N–H and O–H groups in total. The minimum Gasteiger partial charge on any atom is -0.459 e. The molecule has 208 valence electrons. The molecule has 2 saturated heterocycles. The maximum Gasteiger partial charge on any atom is 0.306 e. The van der Waals surface area contributed by atoms with Crippen LogP contribution in [0.4, 0.5) is 0 Å². The minimum absolute atomic E-state index is 0.0256. The van der Waals surface area contributed by atoms with Gasteiger partial charge in [-0.3, -0.25) is 4.79 Å². The molecular formula is C29H39NO7S. The quantitative estimate of drug-likeness (QED) is 0.407. The second-order valence-electron chi connectivity index (χ2n) is 10.8. The fourth-order valence-corrected chi connectivity index (χ4v) is 6.76. The summed E-state index contributed by atoms with van der Waals surface area (Å²) in [7, 11) is -3.84. The standard InChI is InChI=1S/C29H39NO7S/c1-20(2)17-30(38(33,34)24-11-9-21(3)10-12-24)18-26(31)23(15-22-7-5-4-6-8-22)16-28(32)37-27-19-36-29-25(27)13-14-35-29/h4-12,20,23,25-27,29,31H,13-19H2,1-3H3/t23-,25?,26-,27?,29-/m1/s1. The van der Waals surface area contributed by atoms with Crippen LogP contribution in [0.1, 0.15) is 37.8 Å². The second-order valence-corrected chi connectivity index (χ2v) is 12.7. The summed E-state index contributed by atoms with van der Waals surface area (Å²) < 4.78 is 45.3. The Hall–Kier alpha value is -2.30. The Morgan fingerprint density at radius 3 is 2.47 bits per heavy atom. The van der Waals surface area contributed by atoms with Crippen LogP contribution < -0.4 is 0 Å². The van der Waals surface area contributed by atoms with Gasteiger partial charge >= 0.3 is 5.97 Å². The van der Waals surface area contributed by atoms with E-state index < -0.39 is 28.0 Å². The molecule has 2 fully saturated rings. The molecule has 0 saturated carbocycles. The first kappa shape index (κ1) is 28.7. The van der Waals surface area contributed by atoms with Gasteiger partial charge in [-0.25, -0.2) is 8.42 Å². The molecule has 0 amide bonds. The van der Waals surface area contributed by atoms with Crippen molar-refractivity contribution in [3.8, 4) is 0 Å². The second kappa shape index (κ2) is 12.7. The van der Waals surface area contributed by atoms with E-state index in [9.17, 15) is 18.3 Å². The summed E-state index contributed by atoms with van der Waals surface area (Å²) in [5.41, 5.74) is 1.92. The zero-order chi connectivity index (χ0) is 27.3. The predicted octanol–water partition coefficient (Wildman–Crippen LogP) is 3.56. The van der Waals surface area contributed by atoms with E-state index in [4.69, 9.17) is 14.2 Å². The Balaban J connectivity index is 1.51. The molecule has 38 heavy (non-hydrogen) atoms. The van der Waals surface area contributed by atoms with Crippen LogP contribution in [0.2, 0.25) is 0 Å². The van der Waals surface area contributed by atoms with Crippen molar-refractivity contribution in [2.75, 3.05) is 26.3 Å². The number of aliphatic hydroxyl groups is 1. The lowest BCUT2D eigenvalue weighted by molar-refractivity contribution is -0.153. The SMILES string of the molecule is Cc1ccc(S(=O)(=O)N(CC(C)C)C[C@@H](O)[C@@H](CC(=O)OC2CO[C@H]3OCCC23)Cc2ccccc2)cc1. The van der Waals surface area contributed by atoms with Crippen molar-refractivity contribution in [1.82, 2.24) is 4.31 Å². The summed E-state index contributed by atoms with van der Waals surface area (Å²) in [5, 5.41) is 11.4. The van der Waals surface area contributed by atoms with Gasteiger partial charge in [0.25, 0.3) is 0 Å². The molecule has 0 spiro atoms. The lowest BCUT2D eigenvalue weighted by Crippen LogP contribution is -2.43. The van der Waals surface area contributed by atoms with Gasteiger partial charge in [0.05, 0.1) is 36.6 Å². The number of rotatable bonds is 12. The molecule has 0 radical (unpaired) electrons. The highest BCUT2D eigenvalue weighted by Gasteiger charge is 2.44. The highest BCUT2D eigenvalue weighted by atomic mass is 32.2. The molecule has 2 aliphatic rings. The van der Waals surface area contributed by atoms with E-state index in [0.29, 0.717) is 19.6 Å². The smallest absolute Gasteiger partial charge is 0.306 e. The van der Waals surface area contributed by atoms with Gasteiger partial charge < -0.3 is 19.3 Å². The van der Waals surface area contributed by atoms with Crippen molar-refractivity contribution in [1.29, 1.82) is 0 Å². The van der Waals surface area contributed by atoms with Gasteiger partial charge in [-0.15, -0.1) is 0 Å². The summed E-state index contributed by atoms with van der Waals surface area (Å²) in [5.74, 6) is -0.893. The van der Waals surface area contributed by atoms with Gasteiger partial charge in [0, 0.05) is 19.0 Å². The minimum atomic E-state index is -3.84. The topological polar surface area (TPSA) is 102 Å². The summed E-state index contributed by atoms with van der Waals surface area (Å²) in [6.07, 6.45) is -0.624. The van der Waals surface area contributed by atoms with E-state index in [1.54, 1.807) is 24.3 Å². The molecule has 0 aliphatic carbocycles. The number of hydrogen-bond acceptors (Lipinski definition) is 7. The number of carbonyl (C=O) groups excluding carboxylic acids is 1. The van der Waals surface area contributed by atoms with Gasteiger partial charge in [-0.1, -0.05) is 61.9 Å². The molecule has 4 rings (SSSR count). The van der Waals surface area contributed by atoms with Gasteiger partial charge in [-0.05, 0) is 43.4 Å². The molecular weight excluding hydrogens is 506 g/mol. The molecule has 0 aromatic heterocycles. The molecule has 2 unspecified atom stereocenters. The third-order valence-corrected chi connectivity index (χ3v) is 9.05. The van der Waals surface area contributed by atoms with Crippen molar-refractivity contribution >= 4 is 16.0 Å². The molecule has 2 aromatic carbocycles. The number of aliphatic hydroxyl groups excluding tert-OH is 1. The Kier molecular flexibility index (Phi) is 9.59. The third kappa shape index (κ3) is 7.21. The Labute approximate surface area is 225 Å². The number of hydrogen-bond donors (Lipinski definition) is 1. The van der Waals surface area contributed by atoms with Crippen LogP contribution in [0.25, 0.3) is 0 Å². The maximum atomic E-state index is 13.6. The van der Waals surface area contributed by atoms with E-state index in [-0.39, 0.29) is 48.6 Å². The van der Waals surface area contributed by atoms with E-state index in [0.717, 1.165) is 17.5 Å². The van der Waals surface area contributed by atoms with Gasteiger partial charge in [0.2, 0.25) is 10.0 Å². The largest absolute Gasteiger partial charge is 0.459 e. The number of aryl methyl sites for hydroxylation is 1. The third-order valence-electron chi connectivity index (χ3n) is 7.20. The van der Waals surface area contributed by atoms with Crippen LogP contribution in [0.5, 0.6) is 0 Å². The predicted molar refractivity (Wildman–Crippen MR) is 143 cm³/mol. The van der Waals surface area contributed by atoms with E-state index in [2.05, 4.69) is 0 Å². The summed E-state index contributed by atoms with van der Waals surface area (Å²) >= 11 is 0. The first-order valence-electron chi connectivity index (χ1n) is 13.3. The lowest BCUT2D eigenvalue weighted by atomic mass is 9.90. The number of sulfonamides is 1. The number of esters is 1. The van der Waals surface area contributed by atoms with Crippen LogP contribution in [0.15, 0.2) is 59.5 Å². The van der Waals surface area contributed by atoms with Crippen molar-refractivity contribution in [3.63, 3.8) is 0 Å². The van der Waals surface area contributed by atoms with E-state index in [1.807, 2.05) is 51.1 Å². The fraction of sp³-hybridized carbons (Fsp3) is 0.552. The molecule has 2 aliphatic heterocycles. The molecule has 9 heteroatoms. The number of carbonyl (C=O) groups is 1. The highest BCUT2D eigenvalue weighted by Crippen LogP contribution is 2.33. The number of ether oxygens (including phenoxy) is 3. The zero-order valence-electron chi connectivity index (χ0n) is 22.4. The van der Waals surface area contributed by atoms with Crippen LogP contribution in [0.3, 0.4) is 0 Å². The van der Waals surface area contributed by atoms with Crippen molar-refractivity contribution in [2.24, 2.45) is 17.8 Å². The van der Waals surface area contributed by atoms with E-state index in [1.165, 1.54) is 4.31 Å². The van der Waals surface area contributed by atoms with Crippen molar-refractivity contribution in [2.45, 2.75) is 63.4 Å².